The molecular weight excluding hydrogens is 440 g/mol. The molecular formula is C32H32N4. The van der Waals surface area contributed by atoms with Gasteiger partial charge in [-0.05, 0) is 58.5 Å². The Labute approximate surface area is 213 Å². The maximum absolute atomic E-state index is 4.67. The standard InChI is InChI=1S/C32H32N4/c1-32(2,3)27-17-21-29(22-18-27)36-30(25-13-11-24(12-14-25)23-9-7-6-8-10-23)33-34-31(36)26-15-19-28(20-16-26)35(4)5/h6-22H,1-5H3. The summed E-state index contributed by atoms with van der Waals surface area (Å²) in [6, 6.07) is 36.2. The zero-order valence-electron chi connectivity index (χ0n) is 21.6. The molecule has 0 amide bonds. The number of hydrogen-bond donors (Lipinski definition) is 0. The summed E-state index contributed by atoms with van der Waals surface area (Å²) in [7, 11) is 4.09. The van der Waals surface area contributed by atoms with Gasteiger partial charge in [-0.25, -0.2) is 0 Å². The lowest BCUT2D eigenvalue weighted by Gasteiger charge is -2.20. The predicted molar refractivity (Wildman–Crippen MR) is 151 cm³/mol. The molecule has 0 fully saturated rings. The molecule has 0 saturated carbocycles. The topological polar surface area (TPSA) is 34.0 Å². The van der Waals surface area contributed by atoms with Gasteiger partial charge in [-0.15, -0.1) is 10.2 Å². The van der Waals surface area contributed by atoms with Gasteiger partial charge in [0.2, 0.25) is 0 Å². The highest BCUT2D eigenvalue weighted by molar-refractivity contribution is 5.71. The second kappa shape index (κ2) is 9.46. The molecule has 4 aromatic carbocycles. The molecule has 0 radical (unpaired) electrons. The Morgan fingerprint density at radius 1 is 0.556 bits per heavy atom. The van der Waals surface area contributed by atoms with Crippen molar-refractivity contribution in [2.45, 2.75) is 26.2 Å². The highest BCUT2D eigenvalue weighted by Gasteiger charge is 2.19. The van der Waals surface area contributed by atoms with Crippen LogP contribution in [0.5, 0.6) is 0 Å². The van der Waals surface area contributed by atoms with Crippen molar-refractivity contribution in [2.75, 3.05) is 19.0 Å². The zero-order valence-corrected chi connectivity index (χ0v) is 21.6. The average molecular weight is 473 g/mol. The summed E-state index contributed by atoms with van der Waals surface area (Å²) in [4.78, 5) is 2.10. The zero-order chi connectivity index (χ0) is 25.3. The Hall–Kier alpha value is -4.18. The van der Waals surface area contributed by atoms with Crippen LogP contribution in [0.25, 0.3) is 39.6 Å². The minimum absolute atomic E-state index is 0.0899. The second-order valence-electron chi connectivity index (χ2n) is 10.4. The van der Waals surface area contributed by atoms with Crippen LogP contribution in [0.2, 0.25) is 0 Å². The molecule has 4 nitrogen and oxygen atoms in total. The Bertz CT molecular complexity index is 1440. The molecule has 0 atom stereocenters. The summed E-state index contributed by atoms with van der Waals surface area (Å²) in [5, 5.41) is 9.34. The van der Waals surface area contributed by atoms with Crippen LogP contribution < -0.4 is 4.90 Å². The van der Waals surface area contributed by atoms with Gasteiger partial charge >= 0.3 is 0 Å². The lowest BCUT2D eigenvalue weighted by molar-refractivity contribution is 0.590. The second-order valence-corrected chi connectivity index (χ2v) is 10.4. The molecule has 0 N–H and O–H groups in total. The number of anilines is 1. The van der Waals surface area contributed by atoms with Crippen molar-refractivity contribution in [3.63, 3.8) is 0 Å². The first-order valence-corrected chi connectivity index (χ1v) is 12.3. The fourth-order valence-electron chi connectivity index (χ4n) is 4.36. The fraction of sp³-hybridized carbons (Fsp3) is 0.188. The van der Waals surface area contributed by atoms with E-state index in [2.05, 4.69) is 137 Å². The lowest BCUT2D eigenvalue weighted by atomic mass is 9.87. The summed E-state index contributed by atoms with van der Waals surface area (Å²) in [5.74, 6) is 1.65. The molecule has 0 unspecified atom stereocenters. The molecule has 36 heavy (non-hydrogen) atoms. The quantitative estimate of drug-likeness (QED) is 0.264. The molecule has 0 spiro atoms. The summed E-state index contributed by atoms with van der Waals surface area (Å²) in [5.41, 5.74) is 8.01. The smallest absolute Gasteiger partial charge is 0.168 e. The Morgan fingerprint density at radius 3 is 1.53 bits per heavy atom. The monoisotopic (exact) mass is 472 g/mol. The molecule has 1 heterocycles. The maximum Gasteiger partial charge on any atom is 0.168 e. The van der Waals surface area contributed by atoms with E-state index in [0.717, 1.165) is 34.2 Å². The summed E-state index contributed by atoms with van der Waals surface area (Å²) >= 11 is 0. The van der Waals surface area contributed by atoms with E-state index in [4.69, 9.17) is 0 Å². The van der Waals surface area contributed by atoms with Crippen LogP contribution in [0.4, 0.5) is 5.69 Å². The average Bonchev–Trinajstić information content (AvgIpc) is 3.34. The third-order valence-corrected chi connectivity index (χ3v) is 6.55. The van der Waals surface area contributed by atoms with Crippen LogP contribution >= 0.6 is 0 Å². The third kappa shape index (κ3) is 4.67. The van der Waals surface area contributed by atoms with Gasteiger partial charge in [-0.2, -0.15) is 0 Å². The Morgan fingerprint density at radius 2 is 1.03 bits per heavy atom. The van der Waals surface area contributed by atoms with E-state index in [1.807, 2.05) is 20.2 Å². The van der Waals surface area contributed by atoms with E-state index in [-0.39, 0.29) is 5.41 Å². The van der Waals surface area contributed by atoms with E-state index in [1.165, 1.54) is 16.7 Å². The molecule has 180 valence electrons. The van der Waals surface area contributed by atoms with Crippen LogP contribution in [0.3, 0.4) is 0 Å². The van der Waals surface area contributed by atoms with Gasteiger partial charge in [-0.3, -0.25) is 4.57 Å². The molecule has 5 rings (SSSR count). The molecule has 4 heteroatoms. The molecule has 0 bridgehead atoms. The number of aromatic nitrogens is 3. The number of rotatable bonds is 5. The van der Waals surface area contributed by atoms with Crippen molar-refractivity contribution in [2.24, 2.45) is 0 Å². The fourth-order valence-corrected chi connectivity index (χ4v) is 4.36. The highest BCUT2D eigenvalue weighted by Crippen LogP contribution is 2.32. The number of nitrogens with zero attached hydrogens (tertiary/aromatic N) is 4. The van der Waals surface area contributed by atoms with Gasteiger partial charge in [0.15, 0.2) is 11.6 Å². The van der Waals surface area contributed by atoms with E-state index in [1.54, 1.807) is 0 Å². The van der Waals surface area contributed by atoms with Crippen molar-refractivity contribution < 1.29 is 0 Å². The minimum Gasteiger partial charge on any atom is -0.378 e. The van der Waals surface area contributed by atoms with Crippen LogP contribution in [-0.2, 0) is 5.41 Å². The van der Waals surface area contributed by atoms with Crippen LogP contribution in [0.15, 0.2) is 103 Å². The van der Waals surface area contributed by atoms with Gasteiger partial charge in [0.05, 0.1) is 0 Å². The van der Waals surface area contributed by atoms with Crippen LogP contribution in [0.1, 0.15) is 26.3 Å². The molecule has 5 aromatic rings. The molecule has 0 aliphatic rings. The van der Waals surface area contributed by atoms with Crippen molar-refractivity contribution in [1.29, 1.82) is 0 Å². The van der Waals surface area contributed by atoms with Gasteiger partial charge in [0.1, 0.15) is 0 Å². The maximum atomic E-state index is 4.67. The third-order valence-electron chi connectivity index (χ3n) is 6.55. The van der Waals surface area contributed by atoms with Gasteiger partial charge in [-0.1, -0.05) is 87.5 Å². The Kier molecular flexibility index (Phi) is 6.19. The van der Waals surface area contributed by atoms with Crippen molar-refractivity contribution in [1.82, 2.24) is 14.8 Å². The number of hydrogen-bond acceptors (Lipinski definition) is 3. The highest BCUT2D eigenvalue weighted by atomic mass is 15.3. The molecule has 0 aliphatic carbocycles. The minimum atomic E-state index is 0.0899. The Balaban J connectivity index is 1.61. The molecule has 0 aliphatic heterocycles. The van der Waals surface area contributed by atoms with Crippen molar-refractivity contribution in [3.8, 4) is 39.6 Å². The van der Waals surface area contributed by atoms with Gasteiger partial charge < -0.3 is 4.90 Å². The molecule has 1 aromatic heterocycles. The van der Waals surface area contributed by atoms with Crippen LogP contribution in [-0.4, -0.2) is 28.9 Å². The van der Waals surface area contributed by atoms with E-state index < -0.39 is 0 Å². The van der Waals surface area contributed by atoms with Gasteiger partial charge in [0, 0.05) is 36.6 Å². The molecule has 0 saturated heterocycles. The first-order valence-electron chi connectivity index (χ1n) is 12.3. The predicted octanol–water partition coefficient (Wildman–Crippen LogP) is 7.63. The normalized spacial score (nSPS) is 11.5. The summed E-state index contributed by atoms with van der Waals surface area (Å²) in [6.07, 6.45) is 0. The summed E-state index contributed by atoms with van der Waals surface area (Å²) in [6.45, 7) is 6.70. The van der Waals surface area contributed by atoms with Crippen molar-refractivity contribution >= 4 is 5.69 Å². The van der Waals surface area contributed by atoms with Crippen molar-refractivity contribution in [3.05, 3.63) is 109 Å². The largest absolute Gasteiger partial charge is 0.378 e. The first-order chi connectivity index (χ1) is 17.3. The number of benzene rings is 4. The van der Waals surface area contributed by atoms with Crippen LogP contribution in [0, 0.1) is 0 Å². The van der Waals surface area contributed by atoms with Gasteiger partial charge in [0.25, 0.3) is 0 Å². The SMILES string of the molecule is CN(C)c1ccc(-c2nnc(-c3ccc(-c4ccccc4)cc3)n2-c2ccc(C(C)(C)C)cc2)cc1. The lowest BCUT2D eigenvalue weighted by Crippen LogP contribution is -2.11. The summed E-state index contributed by atoms with van der Waals surface area (Å²) < 4.78 is 2.16. The first kappa shape index (κ1) is 23.6. The van der Waals surface area contributed by atoms with E-state index >= 15 is 0 Å². The van der Waals surface area contributed by atoms with E-state index in [0.29, 0.717) is 0 Å². The van der Waals surface area contributed by atoms with E-state index in [9.17, 15) is 0 Å².